The molecule has 0 saturated carbocycles. The Bertz CT molecular complexity index is 106. The van der Waals surface area contributed by atoms with Gasteiger partial charge in [-0.05, 0) is 19.4 Å². The fourth-order valence-corrected chi connectivity index (χ4v) is 0.696. The molecule has 0 aromatic rings. The molecule has 0 aliphatic carbocycles. The summed E-state index contributed by atoms with van der Waals surface area (Å²) in [5, 5.41) is 9.95. The molecular weight excluding hydrogens is 132 g/mol. The Labute approximate surface area is 60.2 Å². The lowest BCUT2D eigenvalue weighted by Crippen LogP contribution is -2.32. The van der Waals surface area contributed by atoms with E-state index in [4.69, 9.17) is 11.5 Å². The molecule has 0 aromatic carbocycles. The first-order chi connectivity index (χ1) is 4.66. The van der Waals surface area contributed by atoms with Gasteiger partial charge in [0.1, 0.15) is 0 Å². The Kier molecular flexibility index (Phi) is 4.88. The molecule has 0 bridgehead atoms. The van der Waals surface area contributed by atoms with Gasteiger partial charge in [-0.3, -0.25) is 0 Å². The van der Waals surface area contributed by atoms with Gasteiger partial charge in [0.2, 0.25) is 0 Å². The third kappa shape index (κ3) is 5.53. The average molecular weight is 145 g/mol. The summed E-state index contributed by atoms with van der Waals surface area (Å²) < 4.78 is 0. The number of nitrogens with two attached hydrogens (primary N) is 2. The highest BCUT2D eigenvalue weighted by Gasteiger charge is 2.00. The Balaban J connectivity index is 3.25. The molecule has 0 amide bonds. The van der Waals surface area contributed by atoms with Crippen molar-refractivity contribution in [2.24, 2.45) is 11.5 Å². The second-order valence-corrected chi connectivity index (χ2v) is 2.27. The van der Waals surface area contributed by atoms with Gasteiger partial charge in [0, 0.05) is 18.4 Å². The summed E-state index contributed by atoms with van der Waals surface area (Å²) in [4.78, 5) is 9.95. The van der Waals surface area contributed by atoms with Crippen molar-refractivity contribution in [2.45, 2.75) is 25.3 Å². The molecule has 0 rings (SSSR count). The Morgan fingerprint density at radius 2 is 2.20 bits per heavy atom. The quantitative estimate of drug-likeness (QED) is 0.477. The highest BCUT2D eigenvalue weighted by Crippen LogP contribution is 1.95. The van der Waals surface area contributed by atoms with Gasteiger partial charge in [-0.15, -0.1) is 0 Å². The molecule has 0 heterocycles. The summed E-state index contributed by atoms with van der Waals surface area (Å²) in [6, 6.07) is -0.298. The molecular formula is C6H13N2O2-. The van der Waals surface area contributed by atoms with Gasteiger partial charge in [-0.2, -0.15) is 0 Å². The summed E-state index contributed by atoms with van der Waals surface area (Å²) in [5.74, 6) is -1.09. The van der Waals surface area contributed by atoms with Crippen LogP contribution in [0.3, 0.4) is 0 Å². The summed E-state index contributed by atoms with van der Waals surface area (Å²) in [6.45, 7) is 0.556. The van der Waals surface area contributed by atoms with Crippen LogP contribution in [-0.2, 0) is 4.79 Å². The van der Waals surface area contributed by atoms with Crippen LogP contribution in [0.15, 0.2) is 0 Å². The first-order valence-electron chi connectivity index (χ1n) is 3.32. The number of hydrogen-bond donors (Lipinski definition) is 2. The standard InChI is InChI=1S/C6H14N2O2/c7-3-1-2-5(8)4-6(9)10/h5H,1-4,7-8H2,(H,9,10)/p-1/t5-/m0/s1. The van der Waals surface area contributed by atoms with Crippen LogP contribution in [0.25, 0.3) is 0 Å². The molecule has 0 saturated heterocycles. The molecule has 0 unspecified atom stereocenters. The first kappa shape index (κ1) is 9.39. The first-order valence-corrected chi connectivity index (χ1v) is 3.32. The van der Waals surface area contributed by atoms with Gasteiger partial charge in [-0.1, -0.05) is 0 Å². The van der Waals surface area contributed by atoms with Crippen LogP contribution in [-0.4, -0.2) is 18.6 Å². The third-order valence-corrected chi connectivity index (χ3v) is 1.21. The average Bonchev–Trinajstić information content (AvgIpc) is 1.82. The van der Waals surface area contributed by atoms with E-state index in [9.17, 15) is 9.90 Å². The fourth-order valence-electron chi connectivity index (χ4n) is 0.696. The minimum absolute atomic E-state index is 0.0694. The van der Waals surface area contributed by atoms with E-state index in [-0.39, 0.29) is 12.5 Å². The van der Waals surface area contributed by atoms with Gasteiger partial charge in [-0.25, -0.2) is 0 Å². The van der Waals surface area contributed by atoms with Crippen molar-refractivity contribution in [1.29, 1.82) is 0 Å². The summed E-state index contributed by atoms with van der Waals surface area (Å²) in [6.07, 6.45) is 1.36. The Morgan fingerprint density at radius 1 is 1.60 bits per heavy atom. The van der Waals surface area contributed by atoms with E-state index in [2.05, 4.69) is 0 Å². The van der Waals surface area contributed by atoms with Crippen LogP contribution in [0.5, 0.6) is 0 Å². The van der Waals surface area contributed by atoms with Crippen LogP contribution in [0.1, 0.15) is 19.3 Å². The molecule has 1 atom stereocenters. The van der Waals surface area contributed by atoms with E-state index in [1.54, 1.807) is 0 Å². The fraction of sp³-hybridized carbons (Fsp3) is 0.833. The van der Waals surface area contributed by atoms with Gasteiger partial charge in [0.05, 0.1) is 0 Å². The zero-order chi connectivity index (χ0) is 7.98. The maximum atomic E-state index is 9.95. The molecule has 4 heteroatoms. The van der Waals surface area contributed by atoms with Crippen molar-refractivity contribution in [3.63, 3.8) is 0 Å². The molecule has 0 aromatic heterocycles. The molecule has 0 aliphatic rings. The van der Waals surface area contributed by atoms with Gasteiger partial charge in [0.15, 0.2) is 0 Å². The summed E-state index contributed by atoms with van der Waals surface area (Å²) in [7, 11) is 0. The molecule has 0 radical (unpaired) electrons. The second kappa shape index (κ2) is 5.20. The zero-order valence-corrected chi connectivity index (χ0v) is 5.88. The number of carbonyl (C=O) groups excluding carboxylic acids is 1. The SMILES string of the molecule is NCCC[C@H](N)CC(=O)[O-]. The highest BCUT2D eigenvalue weighted by atomic mass is 16.4. The molecule has 0 fully saturated rings. The maximum Gasteiger partial charge on any atom is 0.0429 e. The predicted octanol–water partition coefficient (Wildman–Crippen LogP) is -1.81. The number of carboxylic acids is 1. The monoisotopic (exact) mass is 145 g/mol. The molecule has 60 valence electrons. The van der Waals surface area contributed by atoms with Crippen LogP contribution in [0, 0.1) is 0 Å². The summed E-state index contributed by atoms with van der Waals surface area (Å²) >= 11 is 0. The van der Waals surface area contributed by atoms with Crippen molar-refractivity contribution >= 4 is 5.97 Å². The smallest absolute Gasteiger partial charge is 0.0429 e. The number of hydrogen-bond acceptors (Lipinski definition) is 4. The van der Waals surface area contributed by atoms with Gasteiger partial charge < -0.3 is 21.4 Å². The lowest BCUT2D eigenvalue weighted by Gasteiger charge is -2.10. The molecule has 0 aliphatic heterocycles. The van der Waals surface area contributed by atoms with Crippen molar-refractivity contribution in [3.8, 4) is 0 Å². The van der Waals surface area contributed by atoms with Crippen molar-refractivity contribution in [1.82, 2.24) is 0 Å². The molecule has 10 heavy (non-hydrogen) atoms. The topological polar surface area (TPSA) is 92.2 Å². The third-order valence-electron chi connectivity index (χ3n) is 1.21. The zero-order valence-electron chi connectivity index (χ0n) is 5.88. The van der Waals surface area contributed by atoms with Crippen LogP contribution in [0.2, 0.25) is 0 Å². The van der Waals surface area contributed by atoms with E-state index in [0.717, 1.165) is 6.42 Å². The van der Waals surface area contributed by atoms with Crippen molar-refractivity contribution in [2.75, 3.05) is 6.54 Å². The lowest BCUT2D eigenvalue weighted by atomic mass is 10.1. The van der Waals surface area contributed by atoms with Crippen LogP contribution >= 0.6 is 0 Å². The van der Waals surface area contributed by atoms with Gasteiger partial charge >= 0.3 is 0 Å². The predicted molar refractivity (Wildman–Crippen MR) is 35.9 cm³/mol. The normalized spacial score (nSPS) is 13.0. The maximum absolute atomic E-state index is 9.95. The number of rotatable bonds is 5. The molecule has 0 spiro atoms. The lowest BCUT2D eigenvalue weighted by molar-refractivity contribution is -0.306. The van der Waals surface area contributed by atoms with E-state index < -0.39 is 5.97 Å². The Morgan fingerprint density at radius 3 is 2.60 bits per heavy atom. The largest absolute Gasteiger partial charge is 0.550 e. The highest BCUT2D eigenvalue weighted by molar-refractivity contribution is 5.64. The van der Waals surface area contributed by atoms with Crippen molar-refractivity contribution in [3.05, 3.63) is 0 Å². The van der Waals surface area contributed by atoms with Crippen LogP contribution < -0.4 is 16.6 Å². The summed E-state index contributed by atoms with van der Waals surface area (Å²) in [5.41, 5.74) is 10.6. The van der Waals surface area contributed by atoms with Crippen LogP contribution in [0.4, 0.5) is 0 Å². The van der Waals surface area contributed by atoms with Crippen molar-refractivity contribution < 1.29 is 9.90 Å². The van der Waals surface area contributed by atoms with E-state index >= 15 is 0 Å². The van der Waals surface area contributed by atoms with Gasteiger partial charge in [0.25, 0.3) is 0 Å². The minimum Gasteiger partial charge on any atom is -0.550 e. The van der Waals surface area contributed by atoms with E-state index in [1.807, 2.05) is 0 Å². The van der Waals surface area contributed by atoms with E-state index in [1.165, 1.54) is 0 Å². The van der Waals surface area contributed by atoms with E-state index in [0.29, 0.717) is 13.0 Å². The minimum atomic E-state index is -1.09. The number of carboxylic acid groups (broad SMARTS) is 1. The second-order valence-electron chi connectivity index (χ2n) is 2.27. The molecule has 4 nitrogen and oxygen atoms in total. The number of aliphatic carboxylic acids is 1. The Hall–Kier alpha value is -0.610. The number of carbonyl (C=O) groups is 1. The molecule has 4 N–H and O–H groups in total.